The van der Waals surface area contributed by atoms with Gasteiger partial charge in [-0.2, -0.15) is 0 Å². The maximum atomic E-state index is 12.0. The van der Waals surface area contributed by atoms with Crippen molar-refractivity contribution in [1.82, 2.24) is 10.2 Å². The van der Waals surface area contributed by atoms with Crippen molar-refractivity contribution in [2.45, 2.75) is 91.1 Å². The maximum absolute atomic E-state index is 12.0. The molecule has 8 atom stereocenters. The first kappa shape index (κ1) is 20.4. The van der Waals surface area contributed by atoms with Crippen LogP contribution in [0.1, 0.15) is 79.1 Å². The molecule has 0 spiro atoms. The summed E-state index contributed by atoms with van der Waals surface area (Å²) in [6.07, 6.45) is 13.4. The summed E-state index contributed by atoms with van der Waals surface area (Å²) in [7, 11) is 4.14. The van der Waals surface area contributed by atoms with Gasteiger partial charge in [0.05, 0.1) is 0 Å². The van der Waals surface area contributed by atoms with Gasteiger partial charge in [-0.1, -0.05) is 25.5 Å². The minimum Gasteiger partial charge on any atom is -0.343 e. The highest BCUT2D eigenvalue weighted by Crippen LogP contribution is 2.66. The van der Waals surface area contributed by atoms with Gasteiger partial charge >= 0.3 is 0 Å². The van der Waals surface area contributed by atoms with Crippen molar-refractivity contribution in [3.05, 3.63) is 11.6 Å². The Hall–Kier alpha value is -0.830. The van der Waals surface area contributed by atoms with Crippen LogP contribution in [0, 0.1) is 34.5 Å². The summed E-state index contributed by atoms with van der Waals surface area (Å²) in [5, 5.41) is 3.56. The van der Waals surface area contributed by atoms with Gasteiger partial charge in [-0.3, -0.25) is 4.79 Å². The zero-order valence-electron chi connectivity index (χ0n) is 19.1. The van der Waals surface area contributed by atoms with E-state index in [9.17, 15) is 4.79 Å². The monoisotopic (exact) mass is 386 g/mol. The summed E-state index contributed by atoms with van der Waals surface area (Å²) >= 11 is 0. The lowest BCUT2D eigenvalue weighted by molar-refractivity contribution is -0.131. The van der Waals surface area contributed by atoms with Crippen LogP contribution in [0.5, 0.6) is 0 Å². The van der Waals surface area contributed by atoms with Gasteiger partial charge < -0.3 is 10.2 Å². The molecule has 0 aromatic carbocycles. The number of rotatable bonds is 3. The molecule has 4 aliphatic rings. The molecule has 4 rings (SSSR count). The molecule has 3 fully saturated rings. The molecule has 0 aromatic rings. The molecule has 0 heterocycles. The lowest BCUT2D eigenvalue weighted by Crippen LogP contribution is -2.54. The standard InChI is InChI=1S/C25H42N2O/c1-16(27(6)17(2)28)21-9-10-22-20-8-7-18-15-19(26-5)11-13-24(18,3)23(20)12-14-25(21,22)4/h10,16,18-21,23,26H,7-9,11-15H2,1-6H3/t16-,18-,19-,20-,21+,23-,24-,25+/m0/s1. The molecule has 1 N–H and O–H groups in total. The van der Waals surface area contributed by atoms with E-state index in [-0.39, 0.29) is 5.91 Å². The number of hydrogen-bond donors (Lipinski definition) is 1. The van der Waals surface area contributed by atoms with Gasteiger partial charge in [-0.05, 0) is 99.8 Å². The van der Waals surface area contributed by atoms with Gasteiger partial charge in [0.25, 0.3) is 0 Å². The molecule has 28 heavy (non-hydrogen) atoms. The number of fused-ring (bicyclic) bond motifs is 5. The topological polar surface area (TPSA) is 32.3 Å². The molecule has 0 bridgehead atoms. The van der Waals surface area contributed by atoms with E-state index in [1.807, 2.05) is 11.9 Å². The quantitative estimate of drug-likeness (QED) is 0.691. The molecule has 0 radical (unpaired) electrons. The Morgan fingerprint density at radius 2 is 1.96 bits per heavy atom. The molecule has 3 saturated carbocycles. The van der Waals surface area contributed by atoms with Crippen molar-refractivity contribution in [3.63, 3.8) is 0 Å². The number of hydrogen-bond acceptors (Lipinski definition) is 2. The predicted octanol–water partition coefficient (Wildman–Crippen LogP) is 5.02. The molecule has 0 aromatic heterocycles. The molecular formula is C25H42N2O. The Morgan fingerprint density at radius 1 is 1.21 bits per heavy atom. The Kier molecular flexibility index (Phi) is 5.22. The van der Waals surface area contributed by atoms with Gasteiger partial charge in [-0.25, -0.2) is 0 Å². The highest BCUT2D eigenvalue weighted by atomic mass is 16.2. The van der Waals surface area contributed by atoms with Crippen molar-refractivity contribution in [1.29, 1.82) is 0 Å². The number of carbonyl (C=O) groups excluding carboxylic acids is 1. The zero-order chi connectivity index (χ0) is 20.3. The highest BCUT2D eigenvalue weighted by Gasteiger charge is 2.58. The van der Waals surface area contributed by atoms with Crippen LogP contribution in [-0.2, 0) is 4.79 Å². The van der Waals surface area contributed by atoms with Crippen LogP contribution >= 0.6 is 0 Å². The number of allylic oxidation sites excluding steroid dienone is 2. The Balaban J connectivity index is 1.56. The summed E-state index contributed by atoms with van der Waals surface area (Å²) in [6.45, 7) is 9.16. The fraction of sp³-hybridized carbons (Fsp3) is 0.880. The minimum atomic E-state index is 0.201. The fourth-order valence-corrected chi connectivity index (χ4v) is 8.17. The molecule has 158 valence electrons. The first-order valence-corrected chi connectivity index (χ1v) is 11.8. The highest BCUT2D eigenvalue weighted by molar-refractivity contribution is 5.73. The van der Waals surface area contributed by atoms with Gasteiger partial charge in [0.15, 0.2) is 0 Å². The van der Waals surface area contributed by atoms with Crippen molar-refractivity contribution >= 4 is 5.91 Å². The Morgan fingerprint density at radius 3 is 2.64 bits per heavy atom. The number of carbonyl (C=O) groups is 1. The van der Waals surface area contributed by atoms with Crippen molar-refractivity contribution in [3.8, 4) is 0 Å². The predicted molar refractivity (Wildman–Crippen MR) is 116 cm³/mol. The Labute approximate surface area is 172 Å². The van der Waals surface area contributed by atoms with E-state index >= 15 is 0 Å². The summed E-state index contributed by atoms with van der Waals surface area (Å²) in [4.78, 5) is 14.0. The third-order valence-corrected chi connectivity index (χ3v) is 10.2. The van der Waals surface area contributed by atoms with E-state index in [1.165, 1.54) is 44.9 Å². The number of nitrogens with one attached hydrogen (secondary N) is 1. The molecule has 3 nitrogen and oxygen atoms in total. The van der Waals surface area contributed by atoms with E-state index in [0.717, 1.165) is 30.2 Å². The van der Waals surface area contributed by atoms with E-state index in [0.29, 0.717) is 22.8 Å². The molecule has 4 aliphatic carbocycles. The molecule has 0 saturated heterocycles. The summed E-state index contributed by atoms with van der Waals surface area (Å²) in [6, 6.07) is 1.06. The van der Waals surface area contributed by atoms with Gasteiger partial charge in [-0.15, -0.1) is 0 Å². The fourth-order valence-electron chi connectivity index (χ4n) is 8.17. The van der Waals surface area contributed by atoms with E-state index in [1.54, 1.807) is 12.5 Å². The van der Waals surface area contributed by atoms with E-state index in [2.05, 4.69) is 39.2 Å². The average Bonchev–Trinajstić information content (AvgIpc) is 3.03. The second kappa shape index (κ2) is 7.15. The van der Waals surface area contributed by atoms with E-state index in [4.69, 9.17) is 0 Å². The maximum Gasteiger partial charge on any atom is 0.219 e. The van der Waals surface area contributed by atoms with Crippen LogP contribution < -0.4 is 5.32 Å². The second-order valence-electron chi connectivity index (χ2n) is 11.1. The summed E-state index contributed by atoms with van der Waals surface area (Å²) < 4.78 is 0. The van der Waals surface area contributed by atoms with Crippen LogP contribution in [-0.4, -0.2) is 37.0 Å². The smallest absolute Gasteiger partial charge is 0.219 e. The van der Waals surface area contributed by atoms with Crippen LogP contribution in [0.2, 0.25) is 0 Å². The Bertz CT molecular complexity index is 657. The van der Waals surface area contributed by atoms with Crippen molar-refractivity contribution in [2.75, 3.05) is 14.1 Å². The lowest BCUT2D eigenvalue weighted by atomic mass is 9.45. The van der Waals surface area contributed by atoms with Crippen molar-refractivity contribution < 1.29 is 4.79 Å². The average molecular weight is 387 g/mol. The molecular weight excluding hydrogens is 344 g/mol. The molecule has 0 aliphatic heterocycles. The minimum absolute atomic E-state index is 0.201. The van der Waals surface area contributed by atoms with Crippen LogP contribution in [0.25, 0.3) is 0 Å². The first-order chi connectivity index (χ1) is 13.2. The van der Waals surface area contributed by atoms with Crippen LogP contribution in [0.3, 0.4) is 0 Å². The third-order valence-electron chi connectivity index (χ3n) is 10.2. The summed E-state index contributed by atoms with van der Waals surface area (Å²) in [5.41, 5.74) is 2.63. The SMILES string of the molecule is CN[C@H]1CC[C@@]2(C)[C@@H](CC[C@H]3C4=CC[C@H]([C@H](C)N(C)C(C)=O)[C@@]4(C)CC[C@@H]32)C1. The second-order valence-corrected chi connectivity index (χ2v) is 11.1. The number of nitrogens with zero attached hydrogens (tertiary/aromatic N) is 1. The largest absolute Gasteiger partial charge is 0.343 e. The lowest BCUT2D eigenvalue weighted by Gasteiger charge is -2.60. The van der Waals surface area contributed by atoms with Crippen molar-refractivity contribution in [2.24, 2.45) is 34.5 Å². The molecule has 0 unspecified atom stereocenters. The van der Waals surface area contributed by atoms with Gasteiger partial charge in [0.2, 0.25) is 5.91 Å². The summed E-state index contributed by atoms with van der Waals surface area (Å²) in [5.74, 6) is 3.37. The van der Waals surface area contributed by atoms with Crippen LogP contribution in [0.15, 0.2) is 11.6 Å². The van der Waals surface area contributed by atoms with Gasteiger partial charge in [0.1, 0.15) is 0 Å². The van der Waals surface area contributed by atoms with Crippen LogP contribution in [0.4, 0.5) is 0 Å². The first-order valence-electron chi connectivity index (χ1n) is 11.8. The third kappa shape index (κ3) is 2.90. The zero-order valence-corrected chi connectivity index (χ0v) is 19.1. The number of amides is 1. The molecule has 3 heteroatoms. The van der Waals surface area contributed by atoms with Gasteiger partial charge in [0, 0.05) is 26.1 Å². The molecule has 1 amide bonds. The van der Waals surface area contributed by atoms with E-state index < -0.39 is 0 Å². The normalized spacial score (nSPS) is 46.1.